The van der Waals surface area contributed by atoms with E-state index < -0.39 is 12.1 Å². The van der Waals surface area contributed by atoms with Crippen LogP contribution in [-0.2, 0) is 16.1 Å². The Morgan fingerprint density at radius 2 is 1.72 bits per heavy atom. The second kappa shape index (κ2) is 8.14. The number of rotatable bonds is 5. The summed E-state index contributed by atoms with van der Waals surface area (Å²) < 4.78 is 36.7. The highest BCUT2D eigenvalue weighted by atomic mass is 19.4. The van der Waals surface area contributed by atoms with Gasteiger partial charge >= 0.3 is 12.1 Å². The van der Waals surface area contributed by atoms with Crippen LogP contribution in [0.15, 0.2) is 60.7 Å². The molecule has 2 aromatic rings. The Kier molecular flexibility index (Phi) is 5.94. The zero-order chi connectivity index (χ0) is 18.3. The van der Waals surface area contributed by atoms with E-state index in [2.05, 4.69) is 5.32 Å². The monoisotopic (exact) mass is 348 g/mol. The lowest BCUT2D eigenvalue weighted by atomic mass is 10.2. The van der Waals surface area contributed by atoms with Crippen LogP contribution in [0.5, 0.6) is 0 Å². The molecule has 4 nitrogen and oxygen atoms in total. The smallest absolute Gasteiger partial charge is 0.348 e. The fourth-order valence-corrected chi connectivity index (χ4v) is 1.95. The topological polar surface area (TPSA) is 58.2 Å². The lowest BCUT2D eigenvalue weighted by Gasteiger charge is -2.09. The molecule has 2 aromatic carbocycles. The third-order valence-corrected chi connectivity index (χ3v) is 3.14. The highest BCUT2D eigenvalue weighted by Crippen LogP contribution is 2.18. The normalized spacial score (nSPS) is 11.3. The van der Waals surface area contributed by atoms with Gasteiger partial charge in [-0.3, -0.25) is 9.59 Å². The van der Waals surface area contributed by atoms with Crippen molar-refractivity contribution in [1.82, 2.24) is 5.32 Å². The first kappa shape index (κ1) is 18.3. The van der Waals surface area contributed by atoms with Crippen molar-refractivity contribution < 1.29 is 22.8 Å². The first-order chi connectivity index (χ1) is 11.8. The van der Waals surface area contributed by atoms with Gasteiger partial charge in [-0.05, 0) is 29.3 Å². The van der Waals surface area contributed by atoms with Gasteiger partial charge in [0.15, 0.2) is 0 Å². The molecule has 7 heteroatoms. The zero-order valence-corrected chi connectivity index (χ0v) is 13.0. The highest BCUT2D eigenvalue weighted by Gasteiger charge is 2.38. The van der Waals surface area contributed by atoms with Crippen molar-refractivity contribution in [2.75, 3.05) is 5.32 Å². The third-order valence-electron chi connectivity index (χ3n) is 3.14. The Balaban J connectivity index is 1.90. The lowest BCUT2D eigenvalue weighted by molar-refractivity contribution is -0.167. The van der Waals surface area contributed by atoms with E-state index in [-0.39, 0.29) is 18.1 Å². The van der Waals surface area contributed by atoms with Crippen molar-refractivity contribution in [2.24, 2.45) is 0 Å². The van der Waals surface area contributed by atoms with Gasteiger partial charge in [-0.25, -0.2) is 0 Å². The van der Waals surface area contributed by atoms with Gasteiger partial charge in [0.05, 0.1) is 0 Å². The molecule has 2 amide bonds. The fraction of sp³-hybridized carbons (Fsp3) is 0.111. The molecule has 0 fully saturated rings. The van der Waals surface area contributed by atoms with Crippen LogP contribution in [0.25, 0.3) is 6.08 Å². The summed E-state index contributed by atoms with van der Waals surface area (Å²) in [7, 11) is 0. The van der Waals surface area contributed by atoms with Gasteiger partial charge in [-0.15, -0.1) is 0 Å². The minimum atomic E-state index is -4.95. The van der Waals surface area contributed by atoms with Crippen LogP contribution in [0.4, 0.5) is 18.9 Å². The van der Waals surface area contributed by atoms with Crippen LogP contribution in [-0.4, -0.2) is 18.0 Å². The van der Waals surface area contributed by atoms with Crippen LogP contribution >= 0.6 is 0 Å². The maximum absolute atomic E-state index is 12.2. The number of hydrogen-bond donors (Lipinski definition) is 2. The summed E-state index contributed by atoms with van der Waals surface area (Å²) in [5.41, 5.74) is 1.44. The lowest BCUT2D eigenvalue weighted by Crippen LogP contribution is -2.30. The second-order valence-electron chi connectivity index (χ2n) is 5.11. The molecule has 0 heterocycles. The molecule has 0 radical (unpaired) electrons. The van der Waals surface area contributed by atoms with Crippen LogP contribution in [0, 0.1) is 0 Å². The molecule has 130 valence electrons. The number of carbonyl (C=O) groups is 2. The van der Waals surface area contributed by atoms with E-state index in [0.29, 0.717) is 5.56 Å². The molecule has 0 bridgehead atoms. The maximum Gasteiger partial charge on any atom is 0.471 e. The number of carbonyl (C=O) groups excluding carboxylic acids is 2. The van der Waals surface area contributed by atoms with Gasteiger partial charge < -0.3 is 10.6 Å². The average Bonchev–Trinajstić information content (AvgIpc) is 2.58. The first-order valence-corrected chi connectivity index (χ1v) is 7.33. The first-order valence-electron chi connectivity index (χ1n) is 7.33. The van der Waals surface area contributed by atoms with Crippen LogP contribution in [0.2, 0.25) is 0 Å². The summed E-state index contributed by atoms with van der Waals surface area (Å²) >= 11 is 0. The van der Waals surface area contributed by atoms with E-state index in [9.17, 15) is 22.8 Å². The number of benzene rings is 2. The van der Waals surface area contributed by atoms with Gasteiger partial charge in [-0.2, -0.15) is 13.2 Å². The summed E-state index contributed by atoms with van der Waals surface area (Å²) in [4.78, 5) is 22.7. The molecule has 0 aliphatic heterocycles. The fourth-order valence-electron chi connectivity index (χ4n) is 1.95. The average molecular weight is 348 g/mol. The largest absolute Gasteiger partial charge is 0.471 e. The van der Waals surface area contributed by atoms with Crippen LogP contribution in [0.3, 0.4) is 0 Å². The molecule has 0 aliphatic rings. The van der Waals surface area contributed by atoms with E-state index >= 15 is 0 Å². The van der Waals surface area contributed by atoms with E-state index in [0.717, 1.165) is 5.56 Å². The zero-order valence-electron chi connectivity index (χ0n) is 13.0. The van der Waals surface area contributed by atoms with Gasteiger partial charge in [0, 0.05) is 18.3 Å². The number of amides is 2. The molecular formula is C18H15F3N2O2. The molecular weight excluding hydrogens is 333 g/mol. The van der Waals surface area contributed by atoms with Gasteiger partial charge in [0.1, 0.15) is 0 Å². The Labute approximate surface area is 142 Å². The molecule has 0 aliphatic carbocycles. The van der Waals surface area contributed by atoms with Crippen LogP contribution in [0.1, 0.15) is 11.1 Å². The van der Waals surface area contributed by atoms with Crippen molar-refractivity contribution in [2.45, 2.75) is 12.7 Å². The molecule has 0 unspecified atom stereocenters. The van der Waals surface area contributed by atoms with Crippen molar-refractivity contribution in [1.29, 1.82) is 0 Å². The van der Waals surface area contributed by atoms with E-state index in [1.807, 2.05) is 30.3 Å². The van der Waals surface area contributed by atoms with Gasteiger partial charge in [-0.1, -0.05) is 42.5 Å². The summed E-state index contributed by atoms with van der Waals surface area (Å²) in [6.07, 6.45) is -1.94. The summed E-state index contributed by atoms with van der Waals surface area (Å²) in [5.74, 6) is -2.38. The predicted octanol–water partition coefficient (Wildman–Crippen LogP) is 3.52. The number of halogens is 3. The standard InChI is InChI=1S/C18H15F3N2O2/c19-18(20,21)17(25)23-15-8-4-7-14(11-15)12-22-16(24)10-9-13-5-2-1-3-6-13/h1-11H,12H2,(H,22,24)(H,23,25)/b10-9+. The quantitative estimate of drug-likeness (QED) is 0.813. The molecule has 0 spiro atoms. The maximum atomic E-state index is 12.2. The van der Waals surface area contributed by atoms with E-state index in [1.54, 1.807) is 17.5 Å². The second-order valence-corrected chi connectivity index (χ2v) is 5.11. The number of hydrogen-bond acceptors (Lipinski definition) is 2. The molecule has 25 heavy (non-hydrogen) atoms. The van der Waals surface area contributed by atoms with Crippen molar-refractivity contribution in [3.8, 4) is 0 Å². The molecule has 0 saturated heterocycles. The van der Waals surface area contributed by atoms with E-state index in [1.165, 1.54) is 24.3 Å². The molecule has 2 N–H and O–H groups in total. The van der Waals surface area contributed by atoms with Crippen molar-refractivity contribution in [3.63, 3.8) is 0 Å². The number of nitrogens with one attached hydrogen (secondary N) is 2. The Hall–Kier alpha value is -3.09. The summed E-state index contributed by atoms with van der Waals surface area (Å²) in [5, 5.41) is 4.39. The molecule has 0 aromatic heterocycles. The minimum absolute atomic E-state index is 0.00824. The summed E-state index contributed by atoms with van der Waals surface area (Å²) in [6, 6.07) is 15.1. The Morgan fingerprint density at radius 3 is 2.40 bits per heavy atom. The van der Waals surface area contributed by atoms with Crippen LogP contribution < -0.4 is 10.6 Å². The Bertz CT molecular complexity index is 771. The number of alkyl halides is 3. The van der Waals surface area contributed by atoms with Crippen molar-refractivity contribution in [3.05, 3.63) is 71.8 Å². The predicted molar refractivity (Wildman–Crippen MR) is 88.4 cm³/mol. The molecule has 2 rings (SSSR count). The molecule has 0 atom stereocenters. The minimum Gasteiger partial charge on any atom is -0.348 e. The summed E-state index contributed by atoms with van der Waals surface area (Å²) in [6.45, 7) is 0.119. The van der Waals surface area contributed by atoms with Gasteiger partial charge in [0.25, 0.3) is 0 Å². The third kappa shape index (κ3) is 6.14. The SMILES string of the molecule is O=C(/C=C/c1ccccc1)NCc1cccc(NC(=O)C(F)(F)F)c1. The highest BCUT2D eigenvalue weighted by molar-refractivity contribution is 5.95. The molecule has 0 saturated carbocycles. The number of anilines is 1. The van der Waals surface area contributed by atoms with E-state index in [4.69, 9.17) is 0 Å². The Morgan fingerprint density at radius 1 is 1.00 bits per heavy atom. The van der Waals surface area contributed by atoms with Gasteiger partial charge in [0.2, 0.25) is 5.91 Å². The van der Waals surface area contributed by atoms with Crippen molar-refractivity contribution >= 4 is 23.6 Å².